The van der Waals surface area contributed by atoms with Crippen LogP contribution in [0.2, 0.25) is 0 Å². The molecule has 0 spiro atoms. The van der Waals surface area contributed by atoms with Crippen LogP contribution in [0.15, 0.2) is 18.2 Å². The van der Waals surface area contributed by atoms with Crippen molar-refractivity contribution < 1.29 is 32.0 Å². The zero-order valence-electron chi connectivity index (χ0n) is 22.6. The van der Waals surface area contributed by atoms with Crippen LogP contribution in [0.5, 0.6) is 0 Å². The highest BCUT2D eigenvalue weighted by Gasteiger charge is 2.40. The number of hydrogen-bond acceptors (Lipinski definition) is 7. The summed E-state index contributed by atoms with van der Waals surface area (Å²) in [6.07, 6.45) is 0.614. The van der Waals surface area contributed by atoms with Crippen LogP contribution in [-0.2, 0) is 30.3 Å². The molecule has 0 saturated carbocycles. The molecular weight excluding hydrogens is 552 g/mol. The third-order valence-corrected chi connectivity index (χ3v) is 6.40. The normalized spacial score (nSPS) is 14.1. The molecule has 2 N–H and O–H groups in total. The number of halogens is 1. The highest BCUT2D eigenvalue weighted by Crippen LogP contribution is 2.32. The number of rotatable bonds is 12. The Balaban J connectivity index is 3.34. The number of alkyl halides is 1. The van der Waals surface area contributed by atoms with Gasteiger partial charge in [-0.05, 0) is 62.8 Å². The van der Waals surface area contributed by atoms with Crippen molar-refractivity contribution in [2.45, 2.75) is 66.5 Å². The molecule has 11 heteroatoms. The minimum Gasteiger partial charge on any atom is -0.481 e. The standard InChI is InChI=1S/C25H41BrN2O7S/c1-17-9-10-19(28(12-11-26)13-14-34-36(8,32)33)15-18(17)16-20(21(22(29)30)24(2,3)4)27-23(31)35-25(5,6)7/h9-10,15,20-21H,11-14,16H2,1-8H3,(H,27,31)(H,29,30)/t20-,21?/m1/s1. The molecule has 0 bridgehead atoms. The fourth-order valence-corrected chi connectivity index (χ4v) is 4.74. The van der Waals surface area contributed by atoms with E-state index in [1.807, 2.05) is 50.8 Å². The Morgan fingerprint density at radius 2 is 1.75 bits per heavy atom. The number of nitrogens with one attached hydrogen (secondary N) is 1. The molecule has 0 aliphatic rings. The largest absolute Gasteiger partial charge is 0.481 e. The molecular formula is C25H41BrN2O7S. The number of anilines is 1. The van der Waals surface area contributed by atoms with E-state index in [2.05, 4.69) is 21.2 Å². The second kappa shape index (κ2) is 13.1. The van der Waals surface area contributed by atoms with Crippen molar-refractivity contribution in [1.82, 2.24) is 5.32 Å². The molecule has 9 nitrogen and oxygen atoms in total. The molecule has 206 valence electrons. The van der Waals surface area contributed by atoms with Gasteiger partial charge >= 0.3 is 12.1 Å². The first-order chi connectivity index (χ1) is 16.3. The number of carboxylic acid groups (broad SMARTS) is 1. The van der Waals surface area contributed by atoms with E-state index in [0.717, 1.165) is 23.1 Å². The number of carbonyl (C=O) groups excluding carboxylic acids is 1. The lowest BCUT2D eigenvalue weighted by molar-refractivity contribution is -0.146. The number of amides is 1. The van der Waals surface area contributed by atoms with Crippen molar-refractivity contribution in [2.24, 2.45) is 11.3 Å². The van der Waals surface area contributed by atoms with Crippen molar-refractivity contribution in [3.05, 3.63) is 29.3 Å². The van der Waals surface area contributed by atoms with Gasteiger partial charge in [0.25, 0.3) is 10.1 Å². The lowest BCUT2D eigenvalue weighted by Crippen LogP contribution is -2.50. The van der Waals surface area contributed by atoms with E-state index in [9.17, 15) is 23.1 Å². The number of alkyl carbamates (subject to hydrolysis) is 1. The van der Waals surface area contributed by atoms with E-state index in [0.29, 0.717) is 18.4 Å². The summed E-state index contributed by atoms with van der Waals surface area (Å²) in [6, 6.07) is 5.07. The molecule has 0 heterocycles. The molecule has 36 heavy (non-hydrogen) atoms. The minimum absolute atomic E-state index is 0.00296. The van der Waals surface area contributed by atoms with Crippen molar-refractivity contribution in [3.63, 3.8) is 0 Å². The van der Waals surface area contributed by atoms with Crippen molar-refractivity contribution >= 4 is 43.8 Å². The van der Waals surface area contributed by atoms with Gasteiger partial charge in [-0.15, -0.1) is 0 Å². The second-order valence-corrected chi connectivity index (χ2v) is 13.4. The monoisotopic (exact) mass is 592 g/mol. The van der Waals surface area contributed by atoms with Crippen molar-refractivity contribution in [3.8, 4) is 0 Å². The highest BCUT2D eigenvalue weighted by molar-refractivity contribution is 9.09. The number of nitrogens with zero attached hydrogens (tertiary/aromatic N) is 1. The van der Waals surface area contributed by atoms with Crippen LogP contribution in [0.4, 0.5) is 10.5 Å². The zero-order valence-corrected chi connectivity index (χ0v) is 25.0. The van der Waals surface area contributed by atoms with Crippen LogP contribution < -0.4 is 10.2 Å². The van der Waals surface area contributed by atoms with Gasteiger partial charge in [-0.1, -0.05) is 42.8 Å². The van der Waals surface area contributed by atoms with Gasteiger partial charge in [-0.3, -0.25) is 8.98 Å². The van der Waals surface area contributed by atoms with E-state index in [4.69, 9.17) is 8.92 Å². The molecule has 0 radical (unpaired) electrons. The Labute approximate surface area is 224 Å². The fourth-order valence-electron chi connectivity index (χ4n) is 3.94. The Morgan fingerprint density at radius 3 is 2.22 bits per heavy atom. The zero-order chi connectivity index (χ0) is 27.9. The third-order valence-electron chi connectivity index (χ3n) is 5.45. The number of ether oxygens (including phenoxy) is 1. The summed E-state index contributed by atoms with van der Waals surface area (Å²) in [5.74, 6) is -1.88. The van der Waals surface area contributed by atoms with E-state index < -0.39 is 45.2 Å². The van der Waals surface area contributed by atoms with E-state index >= 15 is 0 Å². The summed E-state index contributed by atoms with van der Waals surface area (Å²) in [7, 11) is -3.55. The summed E-state index contributed by atoms with van der Waals surface area (Å²) in [6.45, 7) is 13.6. The summed E-state index contributed by atoms with van der Waals surface area (Å²) >= 11 is 3.43. The molecule has 1 amide bonds. The maximum absolute atomic E-state index is 12.7. The molecule has 1 unspecified atom stereocenters. The Bertz CT molecular complexity index is 1000. The van der Waals surface area contributed by atoms with Crippen molar-refractivity contribution in [2.75, 3.05) is 36.2 Å². The molecule has 1 aromatic rings. The molecule has 1 rings (SSSR count). The van der Waals surface area contributed by atoms with E-state index in [1.165, 1.54) is 0 Å². The van der Waals surface area contributed by atoms with Crippen LogP contribution in [0, 0.1) is 18.3 Å². The highest BCUT2D eigenvalue weighted by atomic mass is 79.9. The number of carboxylic acids is 1. The van der Waals surface area contributed by atoms with E-state index in [1.54, 1.807) is 20.8 Å². The molecule has 0 aliphatic heterocycles. The van der Waals surface area contributed by atoms with Gasteiger partial charge in [0.1, 0.15) is 5.60 Å². The van der Waals surface area contributed by atoms with Gasteiger partial charge in [0, 0.05) is 24.1 Å². The topological polar surface area (TPSA) is 122 Å². The summed E-state index contributed by atoms with van der Waals surface area (Å²) in [5, 5.41) is 13.5. The predicted octanol–water partition coefficient (Wildman–Crippen LogP) is 4.36. The predicted molar refractivity (Wildman–Crippen MR) is 145 cm³/mol. The van der Waals surface area contributed by atoms with Crippen LogP contribution in [0.3, 0.4) is 0 Å². The van der Waals surface area contributed by atoms with Crippen LogP contribution in [0.1, 0.15) is 52.7 Å². The first-order valence-electron chi connectivity index (χ1n) is 11.8. The summed E-state index contributed by atoms with van der Waals surface area (Å²) < 4.78 is 33.1. The minimum atomic E-state index is -3.55. The molecule has 2 atom stereocenters. The molecule has 0 saturated heterocycles. The summed E-state index contributed by atoms with van der Waals surface area (Å²) in [4.78, 5) is 27.0. The molecule has 0 aromatic heterocycles. The summed E-state index contributed by atoms with van der Waals surface area (Å²) in [5.41, 5.74) is 1.29. The van der Waals surface area contributed by atoms with Crippen molar-refractivity contribution in [1.29, 1.82) is 0 Å². The average Bonchev–Trinajstić information content (AvgIpc) is 2.65. The van der Waals surface area contributed by atoms with Gasteiger partial charge in [-0.2, -0.15) is 8.42 Å². The lowest BCUT2D eigenvalue weighted by Gasteiger charge is -2.35. The quantitative estimate of drug-likeness (QED) is 0.271. The number of carbonyl (C=O) groups is 2. The Hall–Kier alpha value is -1.85. The lowest BCUT2D eigenvalue weighted by atomic mass is 9.74. The number of hydrogen-bond donors (Lipinski definition) is 2. The SMILES string of the molecule is Cc1ccc(N(CCBr)CCOS(C)(=O)=O)cc1C[C@@H](NC(=O)OC(C)(C)C)C(C(=O)O)C(C)(C)C. The van der Waals surface area contributed by atoms with Gasteiger partial charge in [0.15, 0.2) is 0 Å². The van der Waals surface area contributed by atoms with Gasteiger partial charge in [0.05, 0.1) is 24.8 Å². The molecule has 0 fully saturated rings. The number of benzene rings is 1. The second-order valence-electron chi connectivity index (χ2n) is 11.0. The third kappa shape index (κ3) is 11.5. The van der Waals surface area contributed by atoms with Crippen LogP contribution in [0.25, 0.3) is 0 Å². The van der Waals surface area contributed by atoms with Gasteiger partial charge in [0.2, 0.25) is 0 Å². The maximum atomic E-state index is 12.7. The number of aliphatic carboxylic acids is 1. The van der Waals surface area contributed by atoms with E-state index in [-0.39, 0.29) is 13.0 Å². The average molecular weight is 594 g/mol. The molecule has 1 aromatic carbocycles. The fraction of sp³-hybridized carbons (Fsp3) is 0.680. The molecule has 0 aliphatic carbocycles. The van der Waals surface area contributed by atoms with Crippen LogP contribution >= 0.6 is 15.9 Å². The Morgan fingerprint density at radius 1 is 1.14 bits per heavy atom. The first kappa shape index (κ1) is 32.2. The first-order valence-corrected chi connectivity index (χ1v) is 14.7. The Kier molecular flexibility index (Phi) is 11.7. The maximum Gasteiger partial charge on any atom is 0.407 e. The van der Waals surface area contributed by atoms with Crippen LogP contribution in [-0.4, -0.2) is 68.5 Å². The smallest absolute Gasteiger partial charge is 0.407 e. The van der Waals surface area contributed by atoms with Gasteiger partial charge in [-0.25, -0.2) is 4.79 Å². The number of aryl methyl sites for hydroxylation is 1. The van der Waals surface area contributed by atoms with Gasteiger partial charge < -0.3 is 20.1 Å².